The standard InChI is InChI=1S/C20H21N3O2/c24-19(16-5-8-18-15(13-16)9-10-21-18)22-17-6-3-14(4-7-17)20(25)23-11-1-2-12-23/h3-8,13,21H,1-2,9-12H2,(H,22,24). The van der Waals surface area contributed by atoms with Crippen LogP contribution in [0.25, 0.3) is 0 Å². The van der Waals surface area contributed by atoms with E-state index in [-0.39, 0.29) is 11.8 Å². The number of anilines is 2. The van der Waals surface area contributed by atoms with Crippen LogP contribution in [0.2, 0.25) is 0 Å². The molecule has 2 amide bonds. The average molecular weight is 335 g/mol. The Morgan fingerprint density at radius 3 is 2.44 bits per heavy atom. The van der Waals surface area contributed by atoms with Crippen LogP contribution in [0.3, 0.4) is 0 Å². The van der Waals surface area contributed by atoms with Gasteiger partial charge in [0.05, 0.1) is 0 Å². The molecule has 0 atom stereocenters. The number of benzene rings is 2. The monoisotopic (exact) mass is 335 g/mol. The third-order valence-electron chi connectivity index (χ3n) is 4.86. The fraction of sp³-hybridized carbons (Fsp3) is 0.300. The molecule has 0 saturated carbocycles. The molecule has 5 nitrogen and oxygen atoms in total. The number of rotatable bonds is 3. The molecule has 25 heavy (non-hydrogen) atoms. The lowest BCUT2D eigenvalue weighted by Gasteiger charge is -2.15. The average Bonchev–Trinajstić information content (AvgIpc) is 3.32. The predicted octanol–water partition coefficient (Wildman–Crippen LogP) is 3.14. The highest BCUT2D eigenvalue weighted by molar-refractivity contribution is 6.05. The predicted molar refractivity (Wildman–Crippen MR) is 98.2 cm³/mol. The largest absolute Gasteiger partial charge is 0.384 e. The first-order chi connectivity index (χ1) is 12.2. The summed E-state index contributed by atoms with van der Waals surface area (Å²) < 4.78 is 0. The van der Waals surface area contributed by atoms with Crippen LogP contribution in [0.15, 0.2) is 42.5 Å². The number of nitrogens with zero attached hydrogens (tertiary/aromatic N) is 1. The molecule has 4 rings (SSSR count). The van der Waals surface area contributed by atoms with E-state index in [0.29, 0.717) is 16.8 Å². The lowest BCUT2D eigenvalue weighted by Crippen LogP contribution is -2.27. The fourth-order valence-corrected chi connectivity index (χ4v) is 3.45. The number of nitrogens with one attached hydrogen (secondary N) is 2. The Hall–Kier alpha value is -2.82. The lowest BCUT2D eigenvalue weighted by molar-refractivity contribution is 0.0792. The highest BCUT2D eigenvalue weighted by Crippen LogP contribution is 2.23. The van der Waals surface area contributed by atoms with E-state index in [1.54, 1.807) is 24.3 Å². The van der Waals surface area contributed by atoms with Gasteiger partial charge in [0, 0.05) is 42.1 Å². The summed E-state index contributed by atoms with van der Waals surface area (Å²) in [4.78, 5) is 26.7. The van der Waals surface area contributed by atoms with E-state index in [2.05, 4.69) is 10.6 Å². The number of carbonyl (C=O) groups excluding carboxylic acids is 2. The molecule has 1 saturated heterocycles. The van der Waals surface area contributed by atoms with Crippen molar-refractivity contribution in [2.75, 3.05) is 30.3 Å². The van der Waals surface area contributed by atoms with Gasteiger partial charge in [0.25, 0.3) is 11.8 Å². The van der Waals surface area contributed by atoms with Crippen LogP contribution >= 0.6 is 0 Å². The Balaban J connectivity index is 1.44. The van der Waals surface area contributed by atoms with E-state index < -0.39 is 0 Å². The Morgan fingerprint density at radius 2 is 1.68 bits per heavy atom. The molecule has 0 bridgehead atoms. The van der Waals surface area contributed by atoms with Gasteiger partial charge in [-0.2, -0.15) is 0 Å². The minimum Gasteiger partial charge on any atom is -0.384 e. The Kier molecular flexibility index (Phi) is 4.14. The first kappa shape index (κ1) is 15.7. The number of amides is 2. The summed E-state index contributed by atoms with van der Waals surface area (Å²) in [7, 11) is 0. The summed E-state index contributed by atoms with van der Waals surface area (Å²) in [6.07, 6.45) is 3.11. The van der Waals surface area contributed by atoms with E-state index in [4.69, 9.17) is 0 Å². The Morgan fingerprint density at radius 1 is 0.960 bits per heavy atom. The third-order valence-corrected chi connectivity index (χ3v) is 4.86. The molecule has 5 heteroatoms. The molecule has 0 radical (unpaired) electrons. The molecule has 128 valence electrons. The van der Waals surface area contributed by atoms with Crippen LogP contribution < -0.4 is 10.6 Å². The highest BCUT2D eigenvalue weighted by atomic mass is 16.2. The summed E-state index contributed by atoms with van der Waals surface area (Å²) in [5.74, 6) is -0.0604. The van der Waals surface area contributed by atoms with Crippen LogP contribution in [0.4, 0.5) is 11.4 Å². The molecule has 2 aromatic rings. The fourth-order valence-electron chi connectivity index (χ4n) is 3.45. The van der Waals surface area contributed by atoms with Crippen molar-refractivity contribution in [1.82, 2.24) is 4.90 Å². The van der Waals surface area contributed by atoms with Gasteiger partial charge in [-0.15, -0.1) is 0 Å². The van der Waals surface area contributed by atoms with Crippen molar-refractivity contribution in [2.45, 2.75) is 19.3 Å². The van der Waals surface area contributed by atoms with Crippen LogP contribution in [0.5, 0.6) is 0 Å². The second kappa shape index (κ2) is 6.59. The maximum absolute atomic E-state index is 12.4. The number of hydrogen-bond acceptors (Lipinski definition) is 3. The summed E-state index contributed by atoms with van der Waals surface area (Å²) >= 11 is 0. The van der Waals surface area contributed by atoms with E-state index >= 15 is 0 Å². The minimum absolute atomic E-state index is 0.0708. The first-order valence-corrected chi connectivity index (χ1v) is 8.78. The van der Waals surface area contributed by atoms with Crippen molar-refractivity contribution in [1.29, 1.82) is 0 Å². The van der Waals surface area contributed by atoms with Crippen LogP contribution in [-0.2, 0) is 6.42 Å². The quantitative estimate of drug-likeness (QED) is 0.906. The van der Waals surface area contributed by atoms with E-state index in [1.165, 1.54) is 5.56 Å². The van der Waals surface area contributed by atoms with Gasteiger partial charge in [-0.05, 0) is 67.3 Å². The van der Waals surface area contributed by atoms with Gasteiger partial charge in [0.15, 0.2) is 0 Å². The van der Waals surface area contributed by atoms with Gasteiger partial charge in [-0.3, -0.25) is 9.59 Å². The maximum atomic E-state index is 12.4. The van der Waals surface area contributed by atoms with Crippen molar-refractivity contribution in [3.05, 3.63) is 59.2 Å². The van der Waals surface area contributed by atoms with E-state index in [0.717, 1.165) is 44.6 Å². The third kappa shape index (κ3) is 3.22. The molecule has 2 heterocycles. The highest BCUT2D eigenvalue weighted by Gasteiger charge is 2.19. The topological polar surface area (TPSA) is 61.4 Å². The van der Waals surface area contributed by atoms with E-state index in [9.17, 15) is 9.59 Å². The maximum Gasteiger partial charge on any atom is 0.255 e. The molecular formula is C20H21N3O2. The van der Waals surface area contributed by atoms with Gasteiger partial charge in [0.2, 0.25) is 0 Å². The summed E-state index contributed by atoms with van der Waals surface area (Å²) in [6, 6.07) is 12.9. The number of fused-ring (bicyclic) bond motifs is 1. The van der Waals surface area contributed by atoms with Crippen molar-refractivity contribution >= 4 is 23.2 Å². The molecule has 1 fully saturated rings. The van der Waals surface area contributed by atoms with Crippen molar-refractivity contribution in [2.24, 2.45) is 0 Å². The first-order valence-electron chi connectivity index (χ1n) is 8.78. The summed E-state index contributed by atoms with van der Waals surface area (Å²) in [6.45, 7) is 2.60. The number of carbonyl (C=O) groups is 2. The summed E-state index contributed by atoms with van der Waals surface area (Å²) in [5.41, 5.74) is 4.31. The lowest BCUT2D eigenvalue weighted by atomic mass is 10.1. The van der Waals surface area contributed by atoms with Gasteiger partial charge < -0.3 is 15.5 Å². The molecule has 0 spiro atoms. The molecule has 2 aromatic carbocycles. The Labute approximate surface area is 147 Å². The molecule has 0 aliphatic carbocycles. The van der Waals surface area contributed by atoms with Crippen LogP contribution in [0, 0.1) is 0 Å². The zero-order valence-corrected chi connectivity index (χ0v) is 14.0. The zero-order valence-electron chi connectivity index (χ0n) is 14.0. The second-order valence-corrected chi connectivity index (χ2v) is 6.58. The SMILES string of the molecule is O=C(Nc1ccc(C(=O)N2CCCC2)cc1)c1ccc2c(c1)CCN2. The minimum atomic E-state index is -0.131. The smallest absolute Gasteiger partial charge is 0.255 e. The molecule has 0 aromatic heterocycles. The van der Waals surface area contributed by atoms with Gasteiger partial charge in [0.1, 0.15) is 0 Å². The molecule has 0 unspecified atom stereocenters. The van der Waals surface area contributed by atoms with E-state index in [1.807, 2.05) is 23.1 Å². The van der Waals surface area contributed by atoms with Gasteiger partial charge in [-0.25, -0.2) is 0 Å². The van der Waals surface area contributed by atoms with Crippen LogP contribution in [-0.4, -0.2) is 36.3 Å². The molecule has 2 aliphatic heterocycles. The van der Waals surface area contributed by atoms with Crippen molar-refractivity contribution in [3.8, 4) is 0 Å². The number of likely N-dealkylation sites (tertiary alicyclic amines) is 1. The summed E-state index contributed by atoms with van der Waals surface area (Å²) in [5, 5.41) is 6.19. The van der Waals surface area contributed by atoms with Crippen LogP contribution in [0.1, 0.15) is 39.1 Å². The Bertz CT molecular complexity index is 808. The van der Waals surface area contributed by atoms with Gasteiger partial charge in [-0.1, -0.05) is 0 Å². The second-order valence-electron chi connectivity index (χ2n) is 6.58. The van der Waals surface area contributed by atoms with Crippen molar-refractivity contribution in [3.63, 3.8) is 0 Å². The zero-order chi connectivity index (χ0) is 17.2. The molecule has 2 aliphatic rings. The molecule has 2 N–H and O–H groups in total. The van der Waals surface area contributed by atoms with Gasteiger partial charge >= 0.3 is 0 Å². The number of hydrogen-bond donors (Lipinski definition) is 2. The molecular weight excluding hydrogens is 314 g/mol. The normalized spacial score (nSPS) is 15.6. The van der Waals surface area contributed by atoms with Crippen molar-refractivity contribution < 1.29 is 9.59 Å².